The summed E-state index contributed by atoms with van der Waals surface area (Å²) in [6.07, 6.45) is 1.78. The molecule has 1 aliphatic rings. The van der Waals surface area contributed by atoms with Crippen LogP contribution in [0.4, 0.5) is 5.69 Å². The molecule has 0 saturated heterocycles. The van der Waals surface area contributed by atoms with Crippen LogP contribution >= 0.6 is 0 Å². The van der Waals surface area contributed by atoms with Crippen LogP contribution in [0, 0.1) is 0 Å². The zero-order valence-electron chi connectivity index (χ0n) is 9.13. The monoisotopic (exact) mass is 225 g/mol. The molecule has 3 heteroatoms. The Hall–Kier alpha value is -2.13. The van der Waals surface area contributed by atoms with E-state index in [9.17, 15) is 0 Å². The van der Waals surface area contributed by atoms with Gasteiger partial charge in [0.25, 0.3) is 0 Å². The fraction of sp³-hybridized carbons (Fsp3) is 0.0714. The van der Waals surface area contributed by atoms with Crippen molar-refractivity contribution in [2.75, 3.05) is 0 Å². The molecule has 84 valence electrons. The molecular formula is C14H11NO2. The number of benzene rings is 2. The molecule has 2 aromatic rings. The summed E-state index contributed by atoms with van der Waals surface area (Å²) in [4.78, 5) is 4.38. The van der Waals surface area contributed by atoms with E-state index in [0.717, 1.165) is 22.6 Å². The number of hydrogen-bond acceptors (Lipinski definition) is 3. The average molecular weight is 225 g/mol. The van der Waals surface area contributed by atoms with Crippen LogP contribution in [-0.4, -0.2) is 11.3 Å². The summed E-state index contributed by atoms with van der Waals surface area (Å²) in [6.45, 7) is 0.00967. The average Bonchev–Trinajstić information content (AvgIpc) is 2.57. The predicted octanol–water partition coefficient (Wildman–Crippen LogP) is 3.04. The van der Waals surface area contributed by atoms with E-state index in [1.807, 2.05) is 42.5 Å². The molecule has 0 spiro atoms. The van der Waals surface area contributed by atoms with Crippen LogP contribution in [0.5, 0.6) is 11.5 Å². The van der Waals surface area contributed by atoms with E-state index in [2.05, 4.69) is 4.99 Å². The smallest absolute Gasteiger partial charge is 0.153 e. The third-order valence-electron chi connectivity index (χ3n) is 2.69. The molecule has 0 saturated carbocycles. The number of rotatable bonds is 1. The molecule has 0 atom stereocenters. The Morgan fingerprint density at radius 1 is 1.06 bits per heavy atom. The highest BCUT2D eigenvalue weighted by atomic mass is 16.5. The number of para-hydroxylation sites is 1. The molecule has 0 amide bonds. The molecular weight excluding hydrogens is 214 g/mol. The Balaban J connectivity index is 2.11. The highest BCUT2D eigenvalue weighted by Crippen LogP contribution is 2.36. The molecule has 0 fully saturated rings. The maximum atomic E-state index is 9.09. The first-order valence-corrected chi connectivity index (χ1v) is 5.41. The molecule has 0 aromatic heterocycles. The number of aliphatic imine (C=N–C) groups is 1. The second-order valence-electron chi connectivity index (χ2n) is 3.86. The van der Waals surface area contributed by atoms with Gasteiger partial charge in [0.2, 0.25) is 0 Å². The van der Waals surface area contributed by atoms with Crippen molar-refractivity contribution in [3.8, 4) is 11.5 Å². The van der Waals surface area contributed by atoms with Crippen molar-refractivity contribution >= 4 is 11.9 Å². The third-order valence-corrected chi connectivity index (χ3v) is 2.69. The van der Waals surface area contributed by atoms with Gasteiger partial charge in [0, 0.05) is 11.8 Å². The largest absolute Gasteiger partial charge is 0.454 e. The Morgan fingerprint density at radius 2 is 1.94 bits per heavy atom. The second-order valence-corrected chi connectivity index (χ2v) is 3.86. The van der Waals surface area contributed by atoms with Crippen molar-refractivity contribution in [1.29, 1.82) is 0 Å². The van der Waals surface area contributed by atoms with Gasteiger partial charge in [0.05, 0.1) is 6.61 Å². The fourth-order valence-corrected chi connectivity index (χ4v) is 1.79. The van der Waals surface area contributed by atoms with Crippen LogP contribution in [0.3, 0.4) is 0 Å². The SMILES string of the molecule is OCc1ccc2c(c1)N=Cc1ccccc1O2. The number of aliphatic hydroxyl groups is 1. The van der Waals surface area contributed by atoms with Crippen molar-refractivity contribution in [3.63, 3.8) is 0 Å². The maximum Gasteiger partial charge on any atom is 0.153 e. The molecule has 0 bridgehead atoms. The minimum atomic E-state index is 0.00967. The van der Waals surface area contributed by atoms with E-state index in [-0.39, 0.29) is 6.61 Å². The minimum absolute atomic E-state index is 0.00967. The van der Waals surface area contributed by atoms with Crippen LogP contribution in [0.1, 0.15) is 11.1 Å². The van der Waals surface area contributed by atoms with Crippen molar-refractivity contribution in [2.24, 2.45) is 4.99 Å². The Kier molecular flexibility index (Phi) is 2.38. The first-order chi connectivity index (χ1) is 8.36. The van der Waals surface area contributed by atoms with Gasteiger partial charge in [0.1, 0.15) is 11.4 Å². The van der Waals surface area contributed by atoms with Gasteiger partial charge in [-0.25, -0.2) is 0 Å². The summed E-state index contributed by atoms with van der Waals surface area (Å²) in [6, 6.07) is 13.2. The van der Waals surface area contributed by atoms with Gasteiger partial charge in [-0.05, 0) is 29.8 Å². The molecule has 2 aromatic carbocycles. The van der Waals surface area contributed by atoms with Crippen LogP contribution in [-0.2, 0) is 6.61 Å². The van der Waals surface area contributed by atoms with Crippen LogP contribution in [0.2, 0.25) is 0 Å². The molecule has 17 heavy (non-hydrogen) atoms. The lowest BCUT2D eigenvalue weighted by molar-refractivity contribution is 0.282. The molecule has 3 nitrogen and oxygen atoms in total. The van der Waals surface area contributed by atoms with Gasteiger partial charge in [-0.15, -0.1) is 0 Å². The molecule has 1 aliphatic heterocycles. The number of aliphatic hydroxyl groups excluding tert-OH is 1. The summed E-state index contributed by atoms with van der Waals surface area (Å²) in [5.74, 6) is 1.51. The highest BCUT2D eigenvalue weighted by molar-refractivity contribution is 5.87. The van der Waals surface area contributed by atoms with E-state index in [4.69, 9.17) is 9.84 Å². The van der Waals surface area contributed by atoms with Crippen LogP contribution in [0.15, 0.2) is 47.5 Å². The van der Waals surface area contributed by atoms with E-state index < -0.39 is 0 Å². The van der Waals surface area contributed by atoms with Crippen molar-refractivity contribution in [3.05, 3.63) is 53.6 Å². The number of fused-ring (bicyclic) bond motifs is 2. The highest BCUT2D eigenvalue weighted by Gasteiger charge is 2.11. The Morgan fingerprint density at radius 3 is 2.82 bits per heavy atom. The van der Waals surface area contributed by atoms with Gasteiger partial charge < -0.3 is 9.84 Å². The molecule has 0 radical (unpaired) electrons. The molecule has 0 aliphatic carbocycles. The molecule has 1 N–H and O–H groups in total. The van der Waals surface area contributed by atoms with Crippen molar-refractivity contribution < 1.29 is 9.84 Å². The molecule has 0 unspecified atom stereocenters. The lowest BCUT2D eigenvalue weighted by Crippen LogP contribution is -1.88. The van der Waals surface area contributed by atoms with E-state index in [0.29, 0.717) is 5.75 Å². The van der Waals surface area contributed by atoms with Crippen molar-refractivity contribution in [1.82, 2.24) is 0 Å². The number of nitrogens with zero attached hydrogens (tertiary/aromatic N) is 1. The number of hydrogen-bond donors (Lipinski definition) is 1. The second kappa shape index (κ2) is 4.03. The zero-order valence-corrected chi connectivity index (χ0v) is 9.13. The first kappa shape index (κ1) is 10.1. The van der Waals surface area contributed by atoms with E-state index >= 15 is 0 Å². The van der Waals surface area contributed by atoms with Crippen LogP contribution < -0.4 is 4.74 Å². The van der Waals surface area contributed by atoms with E-state index in [1.165, 1.54) is 0 Å². The van der Waals surface area contributed by atoms with Gasteiger partial charge in [-0.3, -0.25) is 4.99 Å². The Labute approximate surface area is 99.0 Å². The summed E-state index contributed by atoms with van der Waals surface area (Å²) < 4.78 is 5.80. The summed E-state index contributed by atoms with van der Waals surface area (Å²) in [5, 5.41) is 9.09. The summed E-state index contributed by atoms with van der Waals surface area (Å²) in [5.41, 5.74) is 2.53. The van der Waals surface area contributed by atoms with Gasteiger partial charge in [-0.1, -0.05) is 18.2 Å². The third kappa shape index (κ3) is 1.81. The quantitative estimate of drug-likeness (QED) is 0.691. The lowest BCUT2D eigenvalue weighted by atomic mass is 10.2. The first-order valence-electron chi connectivity index (χ1n) is 5.41. The fourth-order valence-electron chi connectivity index (χ4n) is 1.79. The van der Waals surface area contributed by atoms with Gasteiger partial charge in [0.15, 0.2) is 5.75 Å². The van der Waals surface area contributed by atoms with Gasteiger partial charge >= 0.3 is 0 Å². The lowest BCUT2D eigenvalue weighted by Gasteiger charge is -2.08. The zero-order chi connectivity index (χ0) is 11.7. The summed E-state index contributed by atoms with van der Waals surface area (Å²) >= 11 is 0. The predicted molar refractivity (Wildman–Crippen MR) is 66.1 cm³/mol. The van der Waals surface area contributed by atoms with Crippen LogP contribution in [0.25, 0.3) is 0 Å². The standard InChI is InChI=1S/C14H11NO2/c16-9-10-5-6-14-12(7-10)15-8-11-3-1-2-4-13(11)17-14/h1-8,16H,9H2. The minimum Gasteiger partial charge on any atom is -0.454 e. The van der Waals surface area contributed by atoms with Gasteiger partial charge in [-0.2, -0.15) is 0 Å². The molecule has 1 heterocycles. The summed E-state index contributed by atoms with van der Waals surface area (Å²) in [7, 11) is 0. The normalized spacial score (nSPS) is 12.3. The molecule has 3 rings (SSSR count). The van der Waals surface area contributed by atoms with Crippen molar-refractivity contribution in [2.45, 2.75) is 6.61 Å². The Bertz CT molecular complexity index is 591. The number of ether oxygens (including phenoxy) is 1. The topological polar surface area (TPSA) is 41.8 Å². The van der Waals surface area contributed by atoms with E-state index in [1.54, 1.807) is 6.21 Å². The maximum absolute atomic E-state index is 9.09.